The largest absolute Gasteiger partial charge is 0.426 e. The average molecular weight is 284 g/mol. The van der Waals surface area contributed by atoms with Crippen molar-refractivity contribution in [3.05, 3.63) is 65.0 Å². The monoisotopic (exact) mass is 284 g/mol. The van der Waals surface area contributed by atoms with Crippen molar-refractivity contribution in [1.29, 1.82) is 0 Å². The van der Waals surface area contributed by atoms with E-state index >= 15 is 0 Å². The number of carbonyl (C=O) groups is 1. The molecule has 0 amide bonds. The first kappa shape index (κ1) is 13.8. The zero-order chi connectivity index (χ0) is 14.7. The van der Waals surface area contributed by atoms with Gasteiger partial charge in [0.15, 0.2) is 0 Å². The second-order valence-corrected chi connectivity index (χ2v) is 5.38. The van der Waals surface area contributed by atoms with E-state index in [9.17, 15) is 9.18 Å². The zero-order valence-corrected chi connectivity index (χ0v) is 11.8. The number of benzene rings is 2. The molecule has 0 bridgehead atoms. The molecule has 1 aliphatic carbocycles. The van der Waals surface area contributed by atoms with Crippen molar-refractivity contribution < 1.29 is 13.9 Å². The van der Waals surface area contributed by atoms with E-state index in [0.29, 0.717) is 11.3 Å². The van der Waals surface area contributed by atoms with Crippen molar-refractivity contribution in [2.75, 3.05) is 0 Å². The third kappa shape index (κ3) is 3.30. The second-order valence-electron chi connectivity index (χ2n) is 5.38. The molecule has 2 aromatic carbocycles. The Kier molecular flexibility index (Phi) is 4.00. The summed E-state index contributed by atoms with van der Waals surface area (Å²) in [5, 5.41) is 0. The molecule has 0 N–H and O–H groups in total. The minimum absolute atomic E-state index is 0.0518. The number of rotatable bonds is 3. The zero-order valence-electron chi connectivity index (χ0n) is 11.8. The van der Waals surface area contributed by atoms with Crippen LogP contribution in [0, 0.1) is 5.82 Å². The summed E-state index contributed by atoms with van der Waals surface area (Å²) in [5.74, 6) is -0.257. The molecule has 108 valence electrons. The smallest absolute Gasteiger partial charge is 0.315 e. The Hall–Kier alpha value is -2.16. The maximum absolute atomic E-state index is 13.5. The van der Waals surface area contributed by atoms with E-state index in [0.717, 1.165) is 12.8 Å². The lowest BCUT2D eigenvalue weighted by atomic mass is 9.92. The number of halogens is 1. The standard InChI is InChI=1S/C18H17FO2/c19-17-8-4-3-7-15(17)12-18(20)21-16-10-9-13-5-1-2-6-14(13)11-16/h3-4,7-11H,1-2,5-6,12H2. The molecule has 2 aromatic rings. The average Bonchev–Trinajstić information content (AvgIpc) is 2.49. The van der Waals surface area contributed by atoms with Crippen LogP contribution in [0.3, 0.4) is 0 Å². The molecule has 0 saturated carbocycles. The number of fused-ring (bicyclic) bond motifs is 1. The molecular weight excluding hydrogens is 267 g/mol. The SMILES string of the molecule is O=C(Cc1ccccc1F)Oc1ccc2c(c1)CCCC2. The summed E-state index contributed by atoms with van der Waals surface area (Å²) in [7, 11) is 0. The summed E-state index contributed by atoms with van der Waals surface area (Å²) >= 11 is 0. The van der Waals surface area contributed by atoms with Gasteiger partial charge in [-0.3, -0.25) is 4.79 Å². The van der Waals surface area contributed by atoms with Crippen LogP contribution < -0.4 is 4.74 Å². The summed E-state index contributed by atoms with van der Waals surface area (Å²) in [6.45, 7) is 0. The number of carbonyl (C=O) groups excluding carboxylic acids is 1. The van der Waals surface area contributed by atoms with Crippen molar-refractivity contribution in [2.45, 2.75) is 32.1 Å². The van der Waals surface area contributed by atoms with Crippen LogP contribution in [0.25, 0.3) is 0 Å². The van der Waals surface area contributed by atoms with E-state index in [-0.39, 0.29) is 12.2 Å². The molecule has 0 aliphatic heterocycles. The topological polar surface area (TPSA) is 26.3 Å². The fourth-order valence-corrected chi connectivity index (χ4v) is 2.74. The quantitative estimate of drug-likeness (QED) is 0.632. The molecule has 0 heterocycles. The van der Waals surface area contributed by atoms with E-state index < -0.39 is 5.97 Å². The van der Waals surface area contributed by atoms with Crippen LogP contribution in [-0.2, 0) is 24.1 Å². The summed E-state index contributed by atoms with van der Waals surface area (Å²) < 4.78 is 18.8. The van der Waals surface area contributed by atoms with Gasteiger partial charge in [0.25, 0.3) is 0 Å². The van der Waals surface area contributed by atoms with Crippen molar-refractivity contribution in [3.8, 4) is 5.75 Å². The highest BCUT2D eigenvalue weighted by molar-refractivity contribution is 5.75. The Labute approximate surface area is 123 Å². The van der Waals surface area contributed by atoms with E-state index in [1.165, 1.54) is 30.0 Å². The molecule has 3 rings (SSSR count). The molecule has 0 spiro atoms. The van der Waals surface area contributed by atoms with E-state index in [2.05, 4.69) is 0 Å². The van der Waals surface area contributed by atoms with Gasteiger partial charge in [0.05, 0.1) is 6.42 Å². The van der Waals surface area contributed by atoms with Crippen LogP contribution in [0.4, 0.5) is 4.39 Å². The van der Waals surface area contributed by atoms with Gasteiger partial charge in [-0.25, -0.2) is 4.39 Å². The van der Waals surface area contributed by atoms with Gasteiger partial charge in [-0.1, -0.05) is 24.3 Å². The molecule has 0 unspecified atom stereocenters. The maximum Gasteiger partial charge on any atom is 0.315 e. The van der Waals surface area contributed by atoms with Gasteiger partial charge in [-0.15, -0.1) is 0 Å². The first-order valence-corrected chi connectivity index (χ1v) is 7.28. The van der Waals surface area contributed by atoms with Gasteiger partial charge in [0.2, 0.25) is 0 Å². The third-order valence-corrected chi connectivity index (χ3v) is 3.84. The van der Waals surface area contributed by atoms with Crippen molar-refractivity contribution in [3.63, 3.8) is 0 Å². The van der Waals surface area contributed by atoms with Gasteiger partial charge < -0.3 is 4.74 Å². The highest BCUT2D eigenvalue weighted by Crippen LogP contribution is 2.25. The van der Waals surface area contributed by atoms with Gasteiger partial charge in [0, 0.05) is 0 Å². The van der Waals surface area contributed by atoms with E-state index in [1.54, 1.807) is 18.2 Å². The van der Waals surface area contributed by atoms with E-state index in [4.69, 9.17) is 4.74 Å². The van der Waals surface area contributed by atoms with Crippen molar-refractivity contribution >= 4 is 5.97 Å². The molecule has 0 saturated heterocycles. The van der Waals surface area contributed by atoms with Gasteiger partial charge in [-0.05, 0) is 60.6 Å². The molecule has 0 radical (unpaired) electrons. The van der Waals surface area contributed by atoms with E-state index in [1.807, 2.05) is 18.2 Å². The molecular formula is C18H17FO2. The van der Waals surface area contributed by atoms with Crippen LogP contribution in [-0.4, -0.2) is 5.97 Å². The number of hydrogen-bond donors (Lipinski definition) is 0. The summed E-state index contributed by atoms with van der Waals surface area (Å²) in [5.41, 5.74) is 2.97. The molecule has 3 heteroatoms. The molecule has 0 atom stereocenters. The lowest BCUT2D eigenvalue weighted by Gasteiger charge is -2.16. The van der Waals surface area contributed by atoms with Crippen LogP contribution in [0.5, 0.6) is 5.75 Å². The molecule has 0 aromatic heterocycles. The molecule has 0 fully saturated rings. The minimum Gasteiger partial charge on any atom is -0.426 e. The van der Waals surface area contributed by atoms with Crippen LogP contribution >= 0.6 is 0 Å². The number of aryl methyl sites for hydroxylation is 2. The lowest BCUT2D eigenvalue weighted by molar-refractivity contribution is -0.133. The highest BCUT2D eigenvalue weighted by Gasteiger charge is 2.13. The Morgan fingerprint density at radius 2 is 1.81 bits per heavy atom. The number of esters is 1. The third-order valence-electron chi connectivity index (χ3n) is 3.84. The maximum atomic E-state index is 13.5. The van der Waals surface area contributed by atoms with Gasteiger partial charge in [0.1, 0.15) is 11.6 Å². The fourth-order valence-electron chi connectivity index (χ4n) is 2.74. The minimum atomic E-state index is -0.434. The van der Waals surface area contributed by atoms with Crippen molar-refractivity contribution in [2.24, 2.45) is 0 Å². The summed E-state index contributed by atoms with van der Waals surface area (Å²) in [6, 6.07) is 12.1. The second kappa shape index (κ2) is 6.08. The van der Waals surface area contributed by atoms with Crippen LogP contribution in [0.2, 0.25) is 0 Å². The Balaban J connectivity index is 1.69. The number of hydrogen-bond acceptors (Lipinski definition) is 2. The lowest BCUT2D eigenvalue weighted by Crippen LogP contribution is -2.13. The van der Waals surface area contributed by atoms with Crippen LogP contribution in [0.15, 0.2) is 42.5 Å². The predicted octanol–water partition coefficient (Wildman–Crippen LogP) is 3.85. The predicted molar refractivity (Wildman–Crippen MR) is 78.8 cm³/mol. The summed E-state index contributed by atoms with van der Waals surface area (Å²) in [4.78, 5) is 11.9. The Bertz CT molecular complexity index is 664. The Morgan fingerprint density at radius 1 is 1.05 bits per heavy atom. The highest BCUT2D eigenvalue weighted by atomic mass is 19.1. The molecule has 2 nitrogen and oxygen atoms in total. The van der Waals surface area contributed by atoms with Crippen LogP contribution in [0.1, 0.15) is 29.5 Å². The molecule has 21 heavy (non-hydrogen) atoms. The first-order valence-electron chi connectivity index (χ1n) is 7.28. The first-order chi connectivity index (χ1) is 10.2. The van der Waals surface area contributed by atoms with Gasteiger partial charge in [-0.2, -0.15) is 0 Å². The number of ether oxygens (including phenoxy) is 1. The molecule has 1 aliphatic rings. The Morgan fingerprint density at radius 3 is 2.62 bits per heavy atom. The van der Waals surface area contributed by atoms with Gasteiger partial charge >= 0.3 is 5.97 Å². The normalized spacial score (nSPS) is 13.6. The fraction of sp³-hybridized carbons (Fsp3) is 0.278. The van der Waals surface area contributed by atoms with Crippen molar-refractivity contribution in [1.82, 2.24) is 0 Å². The summed E-state index contributed by atoms with van der Waals surface area (Å²) in [6.07, 6.45) is 4.48.